The SMILES string of the molecule is CC(c1cccc(Cl)c1)N(C)C(CN)C1CCSC1. The molecule has 3 unspecified atom stereocenters. The van der Waals surface area contributed by atoms with Crippen LogP contribution in [-0.2, 0) is 0 Å². The lowest BCUT2D eigenvalue weighted by atomic mass is 9.95. The molecule has 0 amide bonds. The van der Waals surface area contributed by atoms with Crippen molar-refractivity contribution in [3.63, 3.8) is 0 Å². The number of halogens is 1. The highest BCUT2D eigenvalue weighted by molar-refractivity contribution is 7.99. The second-order valence-electron chi connectivity index (χ2n) is 5.32. The normalized spacial score (nSPS) is 22.7. The molecule has 1 fully saturated rings. The molecule has 2 nitrogen and oxygen atoms in total. The van der Waals surface area contributed by atoms with E-state index in [-0.39, 0.29) is 0 Å². The molecule has 2 N–H and O–H groups in total. The molecule has 0 aliphatic carbocycles. The van der Waals surface area contributed by atoms with Crippen molar-refractivity contribution in [2.75, 3.05) is 25.1 Å². The lowest BCUT2D eigenvalue weighted by Crippen LogP contribution is -2.44. The zero-order valence-electron chi connectivity index (χ0n) is 11.7. The maximum Gasteiger partial charge on any atom is 0.0409 e. The summed E-state index contributed by atoms with van der Waals surface area (Å²) in [6, 6.07) is 8.95. The molecular formula is C15H23ClN2S. The van der Waals surface area contributed by atoms with Gasteiger partial charge < -0.3 is 5.73 Å². The predicted octanol–water partition coefficient (Wildman–Crippen LogP) is 3.41. The van der Waals surface area contributed by atoms with E-state index in [1.807, 2.05) is 23.9 Å². The van der Waals surface area contributed by atoms with Gasteiger partial charge in [-0.25, -0.2) is 0 Å². The Bertz CT molecular complexity index is 407. The summed E-state index contributed by atoms with van der Waals surface area (Å²) >= 11 is 8.14. The van der Waals surface area contributed by atoms with Gasteiger partial charge in [0.2, 0.25) is 0 Å². The van der Waals surface area contributed by atoms with Gasteiger partial charge in [0.25, 0.3) is 0 Å². The van der Waals surface area contributed by atoms with Gasteiger partial charge in [-0.2, -0.15) is 11.8 Å². The first-order chi connectivity index (χ1) is 9.13. The predicted molar refractivity (Wildman–Crippen MR) is 85.9 cm³/mol. The van der Waals surface area contributed by atoms with E-state index >= 15 is 0 Å². The van der Waals surface area contributed by atoms with Crippen LogP contribution in [0.4, 0.5) is 0 Å². The Morgan fingerprint density at radius 1 is 1.53 bits per heavy atom. The first kappa shape index (κ1) is 15.2. The minimum atomic E-state index is 0.345. The molecule has 0 aromatic heterocycles. The summed E-state index contributed by atoms with van der Waals surface area (Å²) in [5.74, 6) is 3.25. The van der Waals surface area contributed by atoms with Gasteiger partial charge in [-0.05, 0) is 55.5 Å². The summed E-state index contributed by atoms with van der Waals surface area (Å²) < 4.78 is 0. The third-order valence-corrected chi connectivity index (χ3v) is 5.64. The molecule has 1 aliphatic rings. The van der Waals surface area contributed by atoms with Crippen molar-refractivity contribution in [2.45, 2.75) is 25.4 Å². The van der Waals surface area contributed by atoms with E-state index in [0.717, 1.165) is 17.5 Å². The van der Waals surface area contributed by atoms with Crippen LogP contribution in [-0.4, -0.2) is 36.0 Å². The Balaban J connectivity index is 2.10. The zero-order valence-corrected chi connectivity index (χ0v) is 13.3. The van der Waals surface area contributed by atoms with Crippen molar-refractivity contribution in [1.29, 1.82) is 0 Å². The number of benzene rings is 1. The first-order valence-corrected chi connectivity index (χ1v) is 8.42. The Hall–Kier alpha value is -0.220. The maximum atomic E-state index is 6.09. The monoisotopic (exact) mass is 298 g/mol. The molecule has 1 aromatic rings. The number of hydrogen-bond donors (Lipinski definition) is 1. The van der Waals surface area contributed by atoms with Crippen molar-refractivity contribution in [3.8, 4) is 0 Å². The van der Waals surface area contributed by atoms with E-state index in [1.54, 1.807) is 0 Å². The fourth-order valence-corrected chi connectivity index (χ4v) is 4.36. The van der Waals surface area contributed by atoms with E-state index in [4.69, 9.17) is 17.3 Å². The number of nitrogens with zero attached hydrogens (tertiary/aromatic N) is 1. The van der Waals surface area contributed by atoms with Gasteiger partial charge in [-0.1, -0.05) is 23.7 Å². The van der Waals surface area contributed by atoms with Crippen LogP contribution in [0.1, 0.15) is 24.9 Å². The van der Waals surface area contributed by atoms with Crippen molar-refractivity contribution in [1.82, 2.24) is 4.90 Å². The molecule has 1 saturated heterocycles. The Labute approximate surface area is 125 Å². The van der Waals surface area contributed by atoms with Crippen LogP contribution < -0.4 is 5.73 Å². The largest absolute Gasteiger partial charge is 0.329 e. The fourth-order valence-electron chi connectivity index (χ4n) is 2.84. The van der Waals surface area contributed by atoms with Crippen LogP contribution in [0.25, 0.3) is 0 Å². The average Bonchev–Trinajstić information content (AvgIpc) is 2.92. The highest BCUT2D eigenvalue weighted by Crippen LogP contribution is 2.32. The molecule has 0 radical (unpaired) electrons. The lowest BCUT2D eigenvalue weighted by molar-refractivity contribution is 0.145. The number of hydrogen-bond acceptors (Lipinski definition) is 3. The van der Waals surface area contributed by atoms with E-state index in [9.17, 15) is 0 Å². The minimum absolute atomic E-state index is 0.345. The molecule has 19 heavy (non-hydrogen) atoms. The summed E-state index contributed by atoms with van der Waals surface area (Å²) in [6.45, 7) is 2.96. The fraction of sp³-hybridized carbons (Fsp3) is 0.600. The van der Waals surface area contributed by atoms with Gasteiger partial charge in [-0.15, -0.1) is 0 Å². The number of rotatable bonds is 5. The topological polar surface area (TPSA) is 29.3 Å². The summed E-state index contributed by atoms with van der Waals surface area (Å²) in [5, 5.41) is 0.804. The first-order valence-electron chi connectivity index (χ1n) is 6.88. The number of thioether (sulfide) groups is 1. The summed E-state index contributed by atoms with van der Waals surface area (Å²) in [6.07, 6.45) is 1.29. The molecule has 2 rings (SSSR count). The standard InChI is InChI=1S/C15H23ClN2S/c1-11(12-4-3-5-14(16)8-12)18(2)15(9-17)13-6-7-19-10-13/h3-5,8,11,13,15H,6-7,9-10,17H2,1-2H3. The number of nitrogens with two attached hydrogens (primary N) is 1. The second kappa shape index (κ2) is 6.98. The van der Waals surface area contributed by atoms with Gasteiger partial charge in [0.1, 0.15) is 0 Å². The van der Waals surface area contributed by atoms with E-state index in [1.165, 1.54) is 23.5 Å². The second-order valence-corrected chi connectivity index (χ2v) is 6.91. The minimum Gasteiger partial charge on any atom is -0.329 e. The third kappa shape index (κ3) is 3.66. The molecule has 0 bridgehead atoms. The molecule has 106 valence electrons. The smallest absolute Gasteiger partial charge is 0.0409 e. The van der Waals surface area contributed by atoms with Gasteiger partial charge in [-0.3, -0.25) is 4.90 Å². The molecule has 1 heterocycles. The van der Waals surface area contributed by atoms with Crippen molar-refractivity contribution >= 4 is 23.4 Å². The van der Waals surface area contributed by atoms with E-state index < -0.39 is 0 Å². The molecule has 1 aliphatic heterocycles. The molecule has 4 heteroatoms. The highest BCUT2D eigenvalue weighted by Gasteiger charge is 2.30. The molecule has 0 saturated carbocycles. The van der Waals surface area contributed by atoms with Crippen LogP contribution >= 0.6 is 23.4 Å². The Kier molecular flexibility index (Phi) is 5.58. The quantitative estimate of drug-likeness (QED) is 0.903. The zero-order chi connectivity index (χ0) is 13.8. The van der Waals surface area contributed by atoms with E-state index in [0.29, 0.717) is 12.1 Å². The molecule has 1 aromatic carbocycles. The van der Waals surface area contributed by atoms with Crippen molar-refractivity contribution in [3.05, 3.63) is 34.9 Å². The van der Waals surface area contributed by atoms with Crippen LogP contribution in [0.5, 0.6) is 0 Å². The molecule has 0 spiro atoms. The summed E-state index contributed by atoms with van der Waals surface area (Å²) in [4.78, 5) is 2.42. The molecular weight excluding hydrogens is 276 g/mol. The van der Waals surface area contributed by atoms with Crippen LogP contribution in [0.3, 0.4) is 0 Å². The highest BCUT2D eigenvalue weighted by atomic mass is 35.5. The summed E-state index contributed by atoms with van der Waals surface area (Å²) in [5.41, 5.74) is 7.29. The Morgan fingerprint density at radius 3 is 2.89 bits per heavy atom. The van der Waals surface area contributed by atoms with E-state index in [2.05, 4.69) is 31.0 Å². The number of likely N-dealkylation sites (N-methyl/N-ethyl adjacent to an activating group) is 1. The van der Waals surface area contributed by atoms with Crippen LogP contribution in [0.2, 0.25) is 5.02 Å². The summed E-state index contributed by atoms with van der Waals surface area (Å²) in [7, 11) is 2.19. The van der Waals surface area contributed by atoms with Crippen LogP contribution in [0.15, 0.2) is 24.3 Å². The van der Waals surface area contributed by atoms with Crippen molar-refractivity contribution in [2.24, 2.45) is 11.7 Å². The van der Waals surface area contributed by atoms with Gasteiger partial charge in [0.15, 0.2) is 0 Å². The third-order valence-electron chi connectivity index (χ3n) is 4.22. The van der Waals surface area contributed by atoms with Crippen LogP contribution in [0, 0.1) is 5.92 Å². The lowest BCUT2D eigenvalue weighted by Gasteiger charge is -2.36. The van der Waals surface area contributed by atoms with Crippen molar-refractivity contribution < 1.29 is 0 Å². The van der Waals surface area contributed by atoms with Gasteiger partial charge in [0.05, 0.1) is 0 Å². The van der Waals surface area contributed by atoms with Gasteiger partial charge in [0, 0.05) is 23.7 Å². The maximum absolute atomic E-state index is 6.09. The average molecular weight is 299 g/mol. The molecule has 3 atom stereocenters. The Morgan fingerprint density at radius 2 is 2.32 bits per heavy atom. The van der Waals surface area contributed by atoms with Gasteiger partial charge >= 0.3 is 0 Å².